The molecule has 0 aliphatic carbocycles. The zero-order valence-corrected chi connectivity index (χ0v) is 13.0. The Bertz CT molecular complexity index is 709. The highest BCUT2D eigenvalue weighted by Crippen LogP contribution is 2.10. The molecule has 0 saturated carbocycles. The number of benzene rings is 1. The second-order valence-corrected chi connectivity index (χ2v) is 5.56. The van der Waals surface area contributed by atoms with E-state index in [9.17, 15) is 14.4 Å². The summed E-state index contributed by atoms with van der Waals surface area (Å²) in [6, 6.07) is 9.97. The summed E-state index contributed by atoms with van der Waals surface area (Å²) in [6.07, 6.45) is 1.37. The largest absolute Gasteiger partial charge is 0.323 e. The molecular formula is C16H15N3O3S. The Hall–Kier alpha value is -2.93. The van der Waals surface area contributed by atoms with Crippen LogP contribution in [-0.2, 0) is 16.0 Å². The van der Waals surface area contributed by atoms with Gasteiger partial charge in [0.15, 0.2) is 0 Å². The molecule has 2 aromatic rings. The minimum absolute atomic E-state index is 0.213. The van der Waals surface area contributed by atoms with Crippen molar-refractivity contribution >= 4 is 34.7 Å². The van der Waals surface area contributed by atoms with Gasteiger partial charge in [0.05, 0.1) is 6.42 Å². The zero-order chi connectivity index (χ0) is 16.7. The van der Waals surface area contributed by atoms with Gasteiger partial charge < -0.3 is 5.32 Å². The van der Waals surface area contributed by atoms with Crippen molar-refractivity contribution in [3.8, 4) is 0 Å². The third kappa shape index (κ3) is 5.08. The molecule has 23 heavy (non-hydrogen) atoms. The Kier molecular flexibility index (Phi) is 5.65. The minimum Gasteiger partial charge on any atom is -0.323 e. The fraction of sp³-hybridized carbons (Fsp3) is 0.0625. The van der Waals surface area contributed by atoms with Gasteiger partial charge in [-0.05, 0) is 41.8 Å². The summed E-state index contributed by atoms with van der Waals surface area (Å²) >= 11 is 1.48. The number of hydrazine groups is 1. The van der Waals surface area contributed by atoms with Crippen LogP contribution in [0.5, 0.6) is 0 Å². The van der Waals surface area contributed by atoms with Gasteiger partial charge in [-0.2, -0.15) is 0 Å². The first-order chi connectivity index (χ1) is 11.1. The van der Waals surface area contributed by atoms with E-state index in [-0.39, 0.29) is 18.2 Å². The van der Waals surface area contributed by atoms with E-state index in [4.69, 9.17) is 0 Å². The highest BCUT2D eigenvalue weighted by Gasteiger charge is 2.08. The van der Waals surface area contributed by atoms with Crippen molar-refractivity contribution < 1.29 is 14.4 Å². The second kappa shape index (κ2) is 7.90. The Morgan fingerprint density at radius 1 is 1.09 bits per heavy atom. The predicted octanol–water partition coefficient (Wildman–Crippen LogP) is 1.88. The van der Waals surface area contributed by atoms with E-state index in [0.717, 1.165) is 11.0 Å². The molecule has 0 unspecified atom stereocenters. The number of carbonyl (C=O) groups is 3. The number of thiophene rings is 1. The van der Waals surface area contributed by atoms with Crippen molar-refractivity contribution in [2.75, 3.05) is 5.32 Å². The molecule has 0 fully saturated rings. The smallest absolute Gasteiger partial charge is 0.269 e. The number of anilines is 1. The van der Waals surface area contributed by atoms with Gasteiger partial charge in [0.25, 0.3) is 5.91 Å². The van der Waals surface area contributed by atoms with Gasteiger partial charge in [0.1, 0.15) is 0 Å². The van der Waals surface area contributed by atoms with Gasteiger partial charge in [0.2, 0.25) is 11.8 Å². The molecule has 2 rings (SSSR count). The third-order valence-corrected chi connectivity index (χ3v) is 3.71. The van der Waals surface area contributed by atoms with Crippen molar-refractivity contribution in [3.05, 3.63) is 64.9 Å². The van der Waals surface area contributed by atoms with Crippen LogP contribution in [0.3, 0.4) is 0 Å². The Labute approximate surface area is 137 Å². The highest BCUT2D eigenvalue weighted by molar-refractivity contribution is 7.10. The lowest BCUT2D eigenvalue weighted by Gasteiger charge is -2.08. The topological polar surface area (TPSA) is 87.3 Å². The Morgan fingerprint density at radius 3 is 2.43 bits per heavy atom. The molecule has 0 spiro atoms. The average molecular weight is 329 g/mol. The summed E-state index contributed by atoms with van der Waals surface area (Å²) in [6.45, 7) is 3.35. The number of hydrogen-bond donors (Lipinski definition) is 3. The van der Waals surface area contributed by atoms with Gasteiger partial charge >= 0.3 is 0 Å². The quantitative estimate of drug-likeness (QED) is 0.578. The maximum absolute atomic E-state index is 11.9. The molecule has 6 nitrogen and oxygen atoms in total. The molecule has 0 aliphatic rings. The van der Waals surface area contributed by atoms with Crippen molar-refractivity contribution in [1.29, 1.82) is 0 Å². The van der Waals surface area contributed by atoms with Gasteiger partial charge in [0, 0.05) is 16.1 Å². The molecule has 1 heterocycles. The molecule has 3 amide bonds. The van der Waals surface area contributed by atoms with Gasteiger partial charge in [-0.15, -0.1) is 11.3 Å². The first-order valence-corrected chi connectivity index (χ1v) is 7.61. The summed E-state index contributed by atoms with van der Waals surface area (Å²) in [4.78, 5) is 35.7. The number of rotatable bonds is 5. The molecule has 0 saturated heterocycles. The average Bonchev–Trinajstić information content (AvgIpc) is 3.06. The fourth-order valence-electron chi connectivity index (χ4n) is 1.71. The van der Waals surface area contributed by atoms with E-state index in [1.165, 1.54) is 11.3 Å². The first-order valence-electron chi connectivity index (χ1n) is 6.73. The fourth-order valence-corrected chi connectivity index (χ4v) is 2.42. The molecule has 3 N–H and O–H groups in total. The molecule has 0 bridgehead atoms. The Balaban J connectivity index is 1.84. The van der Waals surface area contributed by atoms with Gasteiger partial charge in [-0.25, -0.2) is 0 Å². The monoisotopic (exact) mass is 329 g/mol. The molecule has 0 radical (unpaired) electrons. The van der Waals surface area contributed by atoms with E-state index < -0.39 is 5.91 Å². The van der Waals surface area contributed by atoms with Crippen LogP contribution < -0.4 is 16.2 Å². The minimum atomic E-state index is -0.439. The summed E-state index contributed by atoms with van der Waals surface area (Å²) in [7, 11) is 0. The molecule has 118 valence electrons. The van der Waals surface area contributed by atoms with Crippen LogP contribution in [0.4, 0.5) is 5.69 Å². The lowest BCUT2D eigenvalue weighted by atomic mass is 10.2. The first kappa shape index (κ1) is 16.4. The van der Waals surface area contributed by atoms with Crippen LogP contribution in [0.2, 0.25) is 0 Å². The molecule has 0 aliphatic heterocycles. The molecule has 1 aromatic heterocycles. The number of nitrogens with one attached hydrogen (secondary N) is 3. The third-order valence-electron chi connectivity index (χ3n) is 2.83. The van der Waals surface area contributed by atoms with Crippen LogP contribution >= 0.6 is 11.3 Å². The molecular weight excluding hydrogens is 314 g/mol. The normalized spacial score (nSPS) is 9.74. The highest BCUT2D eigenvalue weighted by atomic mass is 32.1. The lowest BCUT2D eigenvalue weighted by Crippen LogP contribution is -2.42. The van der Waals surface area contributed by atoms with Crippen molar-refractivity contribution in [3.63, 3.8) is 0 Å². The summed E-state index contributed by atoms with van der Waals surface area (Å²) < 4.78 is 0. The van der Waals surface area contributed by atoms with Gasteiger partial charge in [-0.3, -0.25) is 25.2 Å². The number of carbonyl (C=O) groups excluding carboxylic acids is 3. The lowest BCUT2D eigenvalue weighted by molar-refractivity contribution is -0.121. The van der Waals surface area contributed by atoms with Gasteiger partial charge in [-0.1, -0.05) is 12.6 Å². The van der Waals surface area contributed by atoms with Crippen LogP contribution in [-0.4, -0.2) is 17.7 Å². The summed E-state index contributed by atoms with van der Waals surface area (Å²) in [5, 5.41) is 4.46. The zero-order valence-electron chi connectivity index (χ0n) is 12.2. The standard InChI is InChI=1S/C16H15N3O3S/c1-2-14(20)17-12-7-5-11(6-8-12)16(22)19-18-15(21)10-13-4-3-9-23-13/h2-9H,1,10H2,(H,17,20)(H,18,21)(H,19,22). The second-order valence-electron chi connectivity index (χ2n) is 4.53. The predicted molar refractivity (Wildman–Crippen MR) is 88.9 cm³/mol. The van der Waals surface area contributed by atoms with Crippen molar-refractivity contribution in [1.82, 2.24) is 10.9 Å². The molecule has 0 atom stereocenters. The summed E-state index contributed by atoms with van der Waals surface area (Å²) in [5.41, 5.74) is 5.61. The van der Waals surface area contributed by atoms with Crippen LogP contribution in [0.25, 0.3) is 0 Å². The Morgan fingerprint density at radius 2 is 1.83 bits per heavy atom. The number of hydrogen-bond acceptors (Lipinski definition) is 4. The maximum atomic E-state index is 11.9. The van der Waals surface area contributed by atoms with Crippen molar-refractivity contribution in [2.45, 2.75) is 6.42 Å². The van der Waals surface area contributed by atoms with E-state index in [2.05, 4.69) is 22.7 Å². The van der Waals surface area contributed by atoms with Crippen LogP contribution in [0.15, 0.2) is 54.4 Å². The molecule has 1 aromatic carbocycles. The van der Waals surface area contributed by atoms with Crippen LogP contribution in [0, 0.1) is 0 Å². The summed E-state index contributed by atoms with van der Waals surface area (Å²) in [5.74, 6) is -1.06. The van der Waals surface area contributed by atoms with E-state index in [1.54, 1.807) is 24.3 Å². The number of amides is 3. The van der Waals surface area contributed by atoms with Crippen molar-refractivity contribution in [2.24, 2.45) is 0 Å². The van der Waals surface area contributed by atoms with E-state index in [0.29, 0.717) is 11.3 Å². The SMILES string of the molecule is C=CC(=O)Nc1ccc(C(=O)NNC(=O)Cc2cccs2)cc1. The van der Waals surface area contributed by atoms with Crippen LogP contribution in [0.1, 0.15) is 15.2 Å². The van der Waals surface area contributed by atoms with E-state index in [1.807, 2.05) is 17.5 Å². The maximum Gasteiger partial charge on any atom is 0.269 e. The van der Waals surface area contributed by atoms with E-state index >= 15 is 0 Å². The molecule has 7 heteroatoms.